The van der Waals surface area contributed by atoms with E-state index in [0.29, 0.717) is 17.5 Å². The van der Waals surface area contributed by atoms with Crippen molar-refractivity contribution in [3.05, 3.63) is 35.4 Å². The average molecular weight is 357 g/mol. The average Bonchev–Trinajstić information content (AvgIpc) is 3.00. The zero-order valence-electron chi connectivity index (χ0n) is 16.6. The summed E-state index contributed by atoms with van der Waals surface area (Å²) in [7, 11) is 1.85. The van der Waals surface area contributed by atoms with Crippen LogP contribution in [0.25, 0.3) is 0 Å². The Morgan fingerprint density at radius 1 is 1.27 bits per heavy atom. The molecule has 2 N–H and O–H groups in total. The lowest BCUT2D eigenvalue weighted by Gasteiger charge is -2.38. The third kappa shape index (κ3) is 4.37. The summed E-state index contributed by atoms with van der Waals surface area (Å²) in [6.07, 6.45) is 5.40. The zero-order valence-corrected chi connectivity index (χ0v) is 16.6. The van der Waals surface area contributed by atoms with Crippen LogP contribution in [0.1, 0.15) is 62.4 Å². The molecular weight excluding hydrogens is 324 g/mol. The molecule has 5 heteroatoms. The normalized spacial score (nSPS) is 19.4. The molecule has 0 aromatic heterocycles. The van der Waals surface area contributed by atoms with E-state index in [1.165, 1.54) is 25.7 Å². The SMILES string of the molecule is CN=C(NCc1cccc(C(=O)NC(C)(C)C)c1)N1CCC2(CCC2)C1. The Bertz CT molecular complexity index is 685. The van der Waals surface area contributed by atoms with E-state index in [-0.39, 0.29) is 11.4 Å². The summed E-state index contributed by atoms with van der Waals surface area (Å²) in [5.74, 6) is 0.938. The molecule has 1 heterocycles. The minimum atomic E-state index is -0.236. The molecule has 1 saturated carbocycles. The first-order valence-corrected chi connectivity index (χ1v) is 9.67. The molecule has 5 nitrogen and oxygen atoms in total. The van der Waals surface area contributed by atoms with Crippen molar-refractivity contribution in [3.8, 4) is 0 Å². The zero-order chi connectivity index (χ0) is 18.8. The smallest absolute Gasteiger partial charge is 0.251 e. The molecule has 1 aliphatic heterocycles. The fraction of sp³-hybridized carbons (Fsp3) is 0.619. The van der Waals surface area contributed by atoms with Crippen LogP contribution in [0.5, 0.6) is 0 Å². The topological polar surface area (TPSA) is 56.7 Å². The number of aliphatic imine (C=N–C) groups is 1. The number of rotatable bonds is 3. The van der Waals surface area contributed by atoms with E-state index in [1.807, 2.05) is 52.1 Å². The number of nitrogens with one attached hydrogen (secondary N) is 2. The first kappa shape index (κ1) is 18.7. The van der Waals surface area contributed by atoms with Crippen molar-refractivity contribution >= 4 is 11.9 Å². The standard InChI is InChI=1S/C21H32N4O/c1-20(2,3)24-18(26)17-8-5-7-16(13-17)14-23-19(22-4)25-12-11-21(15-25)9-6-10-21/h5,7-8,13H,6,9-12,14-15H2,1-4H3,(H,22,23)(H,24,26). The van der Waals surface area contributed by atoms with Gasteiger partial charge in [-0.3, -0.25) is 9.79 Å². The van der Waals surface area contributed by atoms with Crippen LogP contribution in [0, 0.1) is 5.41 Å². The lowest BCUT2D eigenvalue weighted by Crippen LogP contribution is -2.42. The molecule has 142 valence electrons. The van der Waals surface area contributed by atoms with Gasteiger partial charge in [0.25, 0.3) is 5.91 Å². The highest BCUT2D eigenvalue weighted by atomic mass is 16.1. The van der Waals surface area contributed by atoms with Crippen molar-refractivity contribution in [2.45, 2.75) is 58.5 Å². The second-order valence-electron chi connectivity index (χ2n) is 8.83. The Hall–Kier alpha value is -2.04. The van der Waals surface area contributed by atoms with Gasteiger partial charge in [0, 0.05) is 37.8 Å². The highest BCUT2D eigenvalue weighted by Crippen LogP contribution is 2.47. The molecule has 0 bridgehead atoms. The maximum Gasteiger partial charge on any atom is 0.251 e. The molecule has 2 fully saturated rings. The summed E-state index contributed by atoms with van der Waals surface area (Å²) in [6, 6.07) is 7.81. The second-order valence-corrected chi connectivity index (χ2v) is 8.83. The van der Waals surface area contributed by atoms with E-state index in [9.17, 15) is 4.79 Å². The third-order valence-corrected chi connectivity index (χ3v) is 5.49. The number of carbonyl (C=O) groups is 1. The number of amides is 1. The number of likely N-dealkylation sites (tertiary alicyclic amines) is 1. The largest absolute Gasteiger partial charge is 0.352 e. The molecule has 2 aliphatic rings. The summed E-state index contributed by atoms with van der Waals surface area (Å²) in [5, 5.41) is 6.49. The summed E-state index contributed by atoms with van der Waals surface area (Å²) in [4.78, 5) is 19.2. The monoisotopic (exact) mass is 356 g/mol. The minimum Gasteiger partial charge on any atom is -0.352 e. The molecule has 1 aromatic carbocycles. The van der Waals surface area contributed by atoms with Crippen LogP contribution in [0.2, 0.25) is 0 Å². The minimum absolute atomic E-state index is 0.0322. The Labute approximate surface area is 157 Å². The van der Waals surface area contributed by atoms with Gasteiger partial charge in [0.05, 0.1) is 0 Å². The van der Waals surface area contributed by atoms with E-state index in [2.05, 4.69) is 20.5 Å². The fourth-order valence-corrected chi connectivity index (χ4v) is 3.95. The van der Waals surface area contributed by atoms with E-state index in [1.54, 1.807) is 0 Å². The van der Waals surface area contributed by atoms with Crippen molar-refractivity contribution < 1.29 is 4.79 Å². The predicted octanol–water partition coefficient (Wildman–Crippen LogP) is 3.17. The van der Waals surface area contributed by atoms with Gasteiger partial charge in [0.1, 0.15) is 0 Å². The lowest BCUT2D eigenvalue weighted by molar-refractivity contribution is 0.0919. The molecule has 1 spiro atoms. The van der Waals surface area contributed by atoms with Gasteiger partial charge in [-0.2, -0.15) is 0 Å². The lowest BCUT2D eigenvalue weighted by atomic mass is 9.68. The second kappa shape index (κ2) is 7.29. The maximum absolute atomic E-state index is 12.4. The predicted molar refractivity (Wildman–Crippen MR) is 106 cm³/mol. The Morgan fingerprint density at radius 2 is 2.04 bits per heavy atom. The molecule has 0 radical (unpaired) electrons. The summed E-state index contributed by atoms with van der Waals surface area (Å²) in [5.41, 5.74) is 2.11. The highest BCUT2D eigenvalue weighted by molar-refractivity contribution is 5.94. The van der Waals surface area contributed by atoms with Crippen LogP contribution < -0.4 is 10.6 Å². The van der Waals surface area contributed by atoms with Gasteiger partial charge in [-0.25, -0.2) is 0 Å². The van der Waals surface area contributed by atoms with E-state index >= 15 is 0 Å². The van der Waals surface area contributed by atoms with Gasteiger partial charge in [0.2, 0.25) is 0 Å². The van der Waals surface area contributed by atoms with Gasteiger partial charge in [-0.1, -0.05) is 18.6 Å². The van der Waals surface area contributed by atoms with Gasteiger partial charge < -0.3 is 15.5 Å². The van der Waals surface area contributed by atoms with Crippen LogP contribution in [-0.4, -0.2) is 42.4 Å². The highest BCUT2D eigenvalue weighted by Gasteiger charge is 2.43. The molecule has 1 amide bonds. The Morgan fingerprint density at radius 3 is 2.62 bits per heavy atom. The molecule has 0 unspecified atom stereocenters. The quantitative estimate of drug-likeness (QED) is 0.646. The van der Waals surface area contributed by atoms with Gasteiger partial charge >= 0.3 is 0 Å². The van der Waals surface area contributed by atoms with Gasteiger partial charge in [-0.15, -0.1) is 0 Å². The van der Waals surface area contributed by atoms with Gasteiger partial charge in [-0.05, 0) is 63.1 Å². The number of hydrogen-bond acceptors (Lipinski definition) is 2. The van der Waals surface area contributed by atoms with Crippen LogP contribution in [0.3, 0.4) is 0 Å². The van der Waals surface area contributed by atoms with Crippen LogP contribution in [0.15, 0.2) is 29.3 Å². The molecule has 1 aromatic rings. The first-order valence-electron chi connectivity index (χ1n) is 9.67. The van der Waals surface area contributed by atoms with E-state index < -0.39 is 0 Å². The summed E-state index contributed by atoms with van der Waals surface area (Å²) >= 11 is 0. The molecule has 26 heavy (non-hydrogen) atoms. The van der Waals surface area contributed by atoms with Crippen molar-refractivity contribution in [2.24, 2.45) is 10.4 Å². The van der Waals surface area contributed by atoms with E-state index in [4.69, 9.17) is 0 Å². The molecular formula is C21H32N4O. The summed E-state index contributed by atoms with van der Waals surface area (Å²) in [6.45, 7) is 8.86. The van der Waals surface area contributed by atoms with Crippen LogP contribution in [-0.2, 0) is 6.54 Å². The van der Waals surface area contributed by atoms with Gasteiger partial charge in [0.15, 0.2) is 5.96 Å². The maximum atomic E-state index is 12.4. The van der Waals surface area contributed by atoms with Crippen molar-refractivity contribution in [1.29, 1.82) is 0 Å². The van der Waals surface area contributed by atoms with Crippen molar-refractivity contribution in [1.82, 2.24) is 15.5 Å². The first-order chi connectivity index (χ1) is 12.3. The van der Waals surface area contributed by atoms with E-state index in [0.717, 1.165) is 24.6 Å². The molecule has 3 rings (SSSR count). The fourth-order valence-electron chi connectivity index (χ4n) is 3.95. The Balaban J connectivity index is 1.58. The third-order valence-electron chi connectivity index (χ3n) is 5.49. The van der Waals surface area contributed by atoms with Crippen LogP contribution >= 0.6 is 0 Å². The number of carbonyl (C=O) groups excluding carboxylic acids is 1. The molecule has 1 aliphatic carbocycles. The number of guanidine groups is 1. The number of benzene rings is 1. The molecule has 0 atom stereocenters. The van der Waals surface area contributed by atoms with Crippen molar-refractivity contribution in [3.63, 3.8) is 0 Å². The molecule has 1 saturated heterocycles. The number of hydrogen-bond donors (Lipinski definition) is 2. The Kier molecular flexibility index (Phi) is 5.26. The number of nitrogens with zero attached hydrogens (tertiary/aromatic N) is 2. The summed E-state index contributed by atoms with van der Waals surface area (Å²) < 4.78 is 0. The van der Waals surface area contributed by atoms with Crippen LogP contribution in [0.4, 0.5) is 0 Å². The van der Waals surface area contributed by atoms with Crippen molar-refractivity contribution in [2.75, 3.05) is 20.1 Å².